The molecule has 21 heavy (non-hydrogen) atoms. The van der Waals surface area contributed by atoms with E-state index in [1.165, 1.54) is 6.07 Å². The Balaban J connectivity index is 2.25. The van der Waals surface area contributed by atoms with Crippen LogP contribution in [0.4, 0.5) is 18.9 Å². The highest BCUT2D eigenvalue weighted by Gasteiger charge is 2.31. The summed E-state index contributed by atoms with van der Waals surface area (Å²) in [6.45, 7) is 0.381. The number of hydrogen-bond donors (Lipinski definition) is 2. The molecular weight excluding hydrogens is 281 g/mol. The fourth-order valence-electron chi connectivity index (χ4n) is 1.87. The summed E-state index contributed by atoms with van der Waals surface area (Å²) < 4.78 is 37.9. The van der Waals surface area contributed by atoms with Crippen LogP contribution in [0.1, 0.15) is 21.5 Å². The second-order valence-electron chi connectivity index (χ2n) is 4.46. The fraction of sp³-hybridized carbons (Fsp3) is 0.133. The van der Waals surface area contributed by atoms with Gasteiger partial charge in [-0.15, -0.1) is 0 Å². The monoisotopic (exact) mass is 294 g/mol. The van der Waals surface area contributed by atoms with Crippen LogP contribution >= 0.6 is 0 Å². The zero-order valence-corrected chi connectivity index (χ0v) is 10.9. The average molecular weight is 294 g/mol. The maximum absolute atomic E-state index is 12.6. The third-order valence-electron chi connectivity index (χ3n) is 2.94. The van der Waals surface area contributed by atoms with Crippen molar-refractivity contribution in [2.45, 2.75) is 12.7 Å². The Bertz CT molecular complexity index is 639. The van der Waals surface area contributed by atoms with E-state index in [9.17, 15) is 18.0 Å². The van der Waals surface area contributed by atoms with Gasteiger partial charge in [-0.3, -0.25) is 4.79 Å². The van der Waals surface area contributed by atoms with Gasteiger partial charge in [-0.1, -0.05) is 30.3 Å². The molecule has 0 saturated carbocycles. The molecule has 0 saturated heterocycles. The van der Waals surface area contributed by atoms with E-state index in [0.29, 0.717) is 6.54 Å². The molecule has 110 valence electrons. The van der Waals surface area contributed by atoms with E-state index in [1.807, 2.05) is 30.3 Å². The Hall–Kier alpha value is -2.50. The number of benzene rings is 2. The van der Waals surface area contributed by atoms with Crippen molar-refractivity contribution in [2.75, 3.05) is 5.32 Å². The van der Waals surface area contributed by atoms with Gasteiger partial charge in [-0.25, -0.2) is 0 Å². The van der Waals surface area contributed by atoms with Crippen LogP contribution in [0.25, 0.3) is 0 Å². The predicted molar refractivity (Wildman–Crippen MR) is 73.7 cm³/mol. The summed E-state index contributed by atoms with van der Waals surface area (Å²) >= 11 is 0. The van der Waals surface area contributed by atoms with Crippen molar-refractivity contribution < 1.29 is 18.0 Å². The first-order valence-electron chi connectivity index (χ1n) is 6.17. The Morgan fingerprint density at radius 3 is 2.33 bits per heavy atom. The van der Waals surface area contributed by atoms with Gasteiger partial charge in [0.25, 0.3) is 5.91 Å². The molecule has 0 aliphatic rings. The lowest BCUT2D eigenvalue weighted by atomic mass is 10.1. The maximum atomic E-state index is 12.6. The van der Waals surface area contributed by atoms with Gasteiger partial charge >= 0.3 is 6.18 Å². The number of hydrogen-bond acceptors (Lipinski definition) is 2. The molecule has 0 spiro atoms. The number of nitrogens with one attached hydrogen (secondary N) is 1. The quantitative estimate of drug-likeness (QED) is 0.908. The number of carbonyl (C=O) groups is 1. The Morgan fingerprint density at radius 2 is 1.76 bits per heavy atom. The summed E-state index contributed by atoms with van der Waals surface area (Å²) in [6.07, 6.45) is -4.51. The van der Waals surface area contributed by atoms with E-state index >= 15 is 0 Å². The Labute approximate surface area is 119 Å². The van der Waals surface area contributed by atoms with Gasteiger partial charge in [-0.2, -0.15) is 13.2 Å². The van der Waals surface area contributed by atoms with Crippen LogP contribution in [0.3, 0.4) is 0 Å². The predicted octanol–water partition coefficient (Wildman–Crippen LogP) is 3.42. The molecule has 0 atom stereocenters. The molecule has 0 heterocycles. The van der Waals surface area contributed by atoms with E-state index in [0.717, 1.165) is 17.7 Å². The molecule has 2 aromatic carbocycles. The molecule has 0 unspecified atom stereocenters. The highest BCUT2D eigenvalue weighted by molar-refractivity contribution is 5.98. The SMILES string of the molecule is NC(=O)c1cc(C(F)(F)F)ccc1NCc1ccccc1. The van der Waals surface area contributed by atoms with E-state index in [1.54, 1.807) is 0 Å². The van der Waals surface area contributed by atoms with Crippen LogP contribution < -0.4 is 11.1 Å². The summed E-state index contributed by atoms with van der Waals surface area (Å²) in [4.78, 5) is 11.3. The molecule has 1 amide bonds. The first-order chi connectivity index (χ1) is 9.88. The molecule has 0 aliphatic heterocycles. The smallest absolute Gasteiger partial charge is 0.380 e. The average Bonchev–Trinajstić information content (AvgIpc) is 2.45. The van der Waals surface area contributed by atoms with Gasteiger partial charge in [0.05, 0.1) is 11.1 Å². The number of halogens is 3. The van der Waals surface area contributed by atoms with Gasteiger partial charge in [0.2, 0.25) is 0 Å². The lowest BCUT2D eigenvalue weighted by Gasteiger charge is -2.13. The zero-order valence-electron chi connectivity index (χ0n) is 10.9. The highest BCUT2D eigenvalue weighted by Crippen LogP contribution is 2.31. The minimum Gasteiger partial charge on any atom is -0.380 e. The van der Waals surface area contributed by atoms with Crippen LogP contribution in [0, 0.1) is 0 Å². The zero-order chi connectivity index (χ0) is 15.5. The summed E-state index contributed by atoms with van der Waals surface area (Å²) in [5.74, 6) is -0.906. The topological polar surface area (TPSA) is 55.1 Å². The minimum absolute atomic E-state index is 0.180. The number of amides is 1. The first kappa shape index (κ1) is 14.9. The molecule has 0 bridgehead atoms. The maximum Gasteiger partial charge on any atom is 0.416 e. The van der Waals surface area contributed by atoms with Crippen LogP contribution in [0.5, 0.6) is 0 Å². The van der Waals surface area contributed by atoms with Gasteiger partial charge in [0, 0.05) is 12.2 Å². The summed E-state index contributed by atoms with van der Waals surface area (Å²) in [6, 6.07) is 12.2. The molecule has 0 aromatic heterocycles. The molecule has 6 heteroatoms. The number of primary amides is 1. The molecule has 0 fully saturated rings. The van der Waals surface area contributed by atoms with Crippen molar-refractivity contribution in [2.24, 2.45) is 5.73 Å². The van der Waals surface area contributed by atoms with Gasteiger partial charge < -0.3 is 11.1 Å². The number of alkyl halides is 3. The molecule has 2 rings (SSSR count). The van der Waals surface area contributed by atoms with Crippen LogP contribution in [-0.2, 0) is 12.7 Å². The highest BCUT2D eigenvalue weighted by atomic mass is 19.4. The fourth-order valence-corrected chi connectivity index (χ4v) is 1.87. The second kappa shape index (κ2) is 5.87. The van der Waals surface area contributed by atoms with Crippen LogP contribution in [0.15, 0.2) is 48.5 Å². The number of nitrogens with two attached hydrogens (primary N) is 1. The Kier molecular flexibility index (Phi) is 4.16. The van der Waals surface area contributed by atoms with Crippen molar-refractivity contribution in [3.8, 4) is 0 Å². The van der Waals surface area contributed by atoms with Crippen molar-refractivity contribution in [1.82, 2.24) is 0 Å². The van der Waals surface area contributed by atoms with E-state index in [2.05, 4.69) is 5.32 Å². The molecule has 3 nitrogen and oxygen atoms in total. The molecule has 2 aromatic rings. The standard InChI is InChI=1S/C15H13F3N2O/c16-15(17,18)11-6-7-13(12(8-11)14(19)21)20-9-10-4-2-1-3-5-10/h1-8,20H,9H2,(H2,19,21). The van der Waals surface area contributed by atoms with E-state index < -0.39 is 17.6 Å². The first-order valence-corrected chi connectivity index (χ1v) is 6.17. The molecule has 0 radical (unpaired) electrons. The number of rotatable bonds is 4. The largest absolute Gasteiger partial charge is 0.416 e. The second-order valence-corrected chi connectivity index (χ2v) is 4.46. The van der Waals surface area contributed by atoms with Crippen molar-refractivity contribution in [3.05, 3.63) is 65.2 Å². The number of anilines is 1. The number of carbonyl (C=O) groups excluding carboxylic acids is 1. The third kappa shape index (κ3) is 3.75. The van der Waals surface area contributed by atoms with Gasteiger partial charge in [-0.05, 0) is 23.8 Å². The van der Waals surface area contributed by atoms with Crippen LogP contribution in [0.2, 0.25) is 0 Å². The van der Waals surface area contributed by atoms with Gasteiger partial charge in [0.1, 0.15) is 0 Å². The van der Waals surface area contributed by atoms with Crippen molar-refractivity contribution in [3.63, 3.8) is 0 Å². The molecule has 3 N–H and O–H groups in total. The Morgan fingerprint density at radius 1 is 1.10 bits per heavy atom. The molecule has 0 aliphatic carbocycles. The van der Waals surface area contributed by atoms with Crippen molar-refractivity contribution in [1.29, 1.82) is 0 Å². The summed E-state index contributed by atoms with van der Waals surface area (Å²) in [5.41, 5.74) is 5.28. The third-order valence-corrected chi connectivity index (χ3v) is 2.94. The van der Waals surface area contributed by atoms with E-state index in [-0.39, 0.29) is 11.3 Å². The van der Waals surface area contributed by atoms with Crippen molar-refractivity contribution >= 4 is 11.6 Å². The van der Waals surface area contributed by atoms with Gasteiger partial charge in [0.15, 0.2) is 0 Å². The normalized spacial score (nSPS) is 11.2. The van der Waals surface area contributed by atoms with Crippen LogP contribution in [-0.4, -0.2) is 5.91 Å². The van der Waals surface area contributed by atoms with E-state index in [4.69, 9.17) is 5.73 Å². The summed E-state index contributed by atoms with van der Waals surface area (Å²) in [5, 5.41) is 2.92. The lowest BCUT2D eigenvalue weighted by Crippen LogP contribution is -2.16. The minimum atomic E-state index is -4.51. The molecular formula is C15H13F3N2O. The summed E-state index contributed by atoms with van der Waals surface area (Å²) in [7, 11) is 0. The lowest BCUT2D eigenvalue weighted by molar-refractivity contribution is -0.137.